The number of ether oxygens (including phenoxy) is 1. The van der Waals surface area contributed by atoms with Crippen molar-refractivity contribution in [3.63, 3.8) is 0 Å². The summed E-state index contributed by atoms with van der Waals surface area (Å²) in [7, 11) is 2.10. The van der Waals surface area contributed by atoms with Crippen molar-refractivity contribution in [2.24, 2.45) is 0 Å². The molecule has 2 atom stereocenters. The zero-order chi connectivity index (χ0) is 25.5. The van der Waals surface area contributed by atoms with E-state index in [1.807, 2.05) is 24.3 Å². The number of pyridine rings is 1. The molecular formula is C28H31FN6O2. The molecule has 2 N–H and O–H groups in total. The summed E-state index contributed by atoms with van der Waals surface area (Å²) in [5.74, 6) is 0.197. The maximum absolute atomic E-state index is 15.7. The maximum Gasteiger partial charge on any atom is 0.320 e. The molecule has 9 heteroatoms. The van der Waals surface area contributed by atoms with Crippen LogP contribution in [0.3, 0.4) is 0 Å². The Hall–Kier alpha value is -3.56. The first-order chi connectivity index (χ1) is 18.0. The minimum Gasteiger partial charge on any atom is -0.508 e. The lowest BCUT2D eigenvalue weighted by Crippen LogP contribution is -2.50. The molecule has 0 radical (unpaired) electrons. The third-order valence-electron chi connectivity index (χ3n) is 7.55. The van der Waals surface area contributed by atoms with Crippen LogP contribution in [-0.2, 0) is 0 Å². The van der Waals surface area contributed by atoms with Gasteiger partial charge in [0.2, 0.25) is 0 Å². The molecule has 2 aromatic carbocycles. The lowest BCUT2D eigenvalue weighted by molar-refractivity contribution is 0.188. The highest BCUT2D eigenvalue weighted by atomic mass is 19.1. The van der Waals surface area contributed by atoms with Crippen LogP contribution in [0.4, 0.5) is 10.2 Å². The molecule has 6 rings (SSSR count). The van der Waals surface area contributed by atoms with E-state index in [2.05, 4.69) is 34.1 Å². The largest absolute Gasteiger partial charge is 0.508 e. The number of anilines is 1. The second kappa shape index (κ2) is 9.72. The Morgan fingerprint density at radius 2 is 1.97 bits per heavy atom. The summed E-state index contributed by atoms with van der Waals surface area (Å²) < 4.78 is 21.9. The Kier molecular flexibility index (Phi) is 6.26. The number of fused-ring (bicyclic) bond motifs is 2. The number of nitrogens with zero attached hydrogens (tertiary/aromatic N) is 5. The smallest absolute Gasteiger partial charge is 0.320 e. The van der Waals surface area contributed by atoms with Crippen molar-refractivity contribution < 1.29 is 14.2 Å². The number of likely N-dealkylation sites (N-methyl/N-ethyl adjacent to an activating group) is 1. The first kappa shape index (κ1) is 23.8. The Bertz CT molecular complexity index is 1460. The molecule has 2 fully saturated rings. The molecule has 8 nitrogen and oxygen atoms in total. The number of halogens is 1. The number of likely N-dealkylation sites (tertiary alicyclic amines) is 1. The van der Waals surface area contributed by atoms with Crippen LogP contribution in [0.2, 0.25) is 0 Å². The summed E-state index contributed by atoms with van der Waals surface area (Å²) in [5.41, 5.74) is 1.02. The highest BCUT2D eigenvalue weighted by Crippen LogP contribution is 2.36. The molecule has 0 saturated carbocycles. The molecule has 0 unspecified atom stereocenters. The van der Waals surface area contributed by atoms with Crippen molar-refractivity contribution in [3.8, 4) is 23.0 Å². The molecule has 0 spiro atoms. The van der Waals surface area contributed by atoms with Crippen LogP contribution in [0, 0.1) is 5.82 Å². The molecule has 2 aliphatic heterocycles. The zero-order valence-corrected chi connectivity index (χ0v) is 21.1. The molecule has 2 aliphatic rings. The highest BCUT2D eigenvalue weighted by molar-refractivity contribution is 5.98. The van der Waals surface area contributed by atoms with Gasteiger partial charge in [-0.2, -0.15) is 9.97 Å². The molecule has 37 heavy (non-hydrogen) atoms. The van der Waals surface area contributed by atoms with Crippen molar-refractivity contribution in [1.82, 2.24) is 25.2 Å². The molecule has 0 aliphatic carbocycles. The fraction of sp³-hybridized carbons (Fsp3) is 0.393. The van der Waals surface area contributed by atoms with Crippen LogP contribution < -0.4 is 15.0 Å². The number of rotatable bonds is 5. The van der Waals surface area contributed by atoms with Crippen molar-refractivity contribution in [3.05, 3.63) is 48.3 Å². The predicted octanol–water partition coefficient (Wildman–Crippen LogP) is 3.96. The molecule has 2 aromatic heterocycles. The zero-order valence-electron chi connectivity index (χ0n) is 21.1. The van der Waals surface area contributed by atoms with Crippen LogP contribution >= 0.6 is 0 Å². The number of piperazine rings is 1. The van der Waals surface area contributed by atoms with Gasteiger partial charge in [0.1, 0.15) is 29.7 Å². The van der Waals surface area contributed by atoms with E-state index in [4.69, 9.17) is 14.7 Å². The fourth-order valence-electron chi connectivity index (χ4n) is 5.47. The van der Waals surface area contributed by atoms with Crippen LogP contribution in [0.5, 0.6) is 11.8 Å². The van der Waals surface area contributed by atoms with E-state index >= 15 is 4.39 Å². The molecule has 2 saturated heterocycles. The Morgan fingerprint density at radius 3 is 2.78 bits per heavy atom. The molecule has 4 heterocycles. The number of hydrogen-bond acceptors (Lipinski definition) is 8. The number of benzene rings is 2. The quantitative estimate of drug-likeness (QED) is 0.424. The minimum absolute atomic E-state index is 0.0534. The van der Waals surface area contributed by atoms with Gasteiger partial charge >= 0.3 is 6.01 Å². The van der Waals surface area contributed by atoms with E-state index in [1.165, 1.54) is 6.07 Å². The van der Waals surface area contributed by atoms with Gasteiger partial charge in [-0.25, -0.2) is 9.37 Å². The second-order valence-electron chi connectivity index (χ2n) is 10.1. The van der Waals surface area contributed by atoms with Gasteiger partial charge in [-0.1, -0.05) is 24.3 Å². The summed E-state index contributed by atoms with van der Waals surface area (Å²) >= 11 is 0. The normalized spacial score (nSPS) is 20.7. The Labute approximate surface area is 215 Å². The maximum atomic E-state index is 15.7. The highest BCUT2D eigenvalue weighted by Gasteiger charge is 2.26. The summed E-state index contributed by atoms with van der Waals surface area (Å²) in [6.45, 7) is 6.01. The summed E-state index contributed by atoms with van der Waals surface area (Å²) in [6.07, 6.45) is 2.22. The predicted molar refractivity (Wildman–Crippen MR) is 143 cm³/mol. The summed E-state index contributed by atoms with van der Waals surface area (Å²) in [4.78, 5) is 18.6. The van der Waals surface area contributed by atoms with E-state index in [9.17, 15) is 5.11 Å². The average Bonchev–Trinajstić information content (AvgIpc) is 3.31. The van der Waals surface area contributed by atoms with Crippen molar-refractivity contribution in [2.75, 3.05) is 44.7 Å². The van der Waals surface area contributed by atoms with E-state index < -0.39 is 5.82 Å². The van der Waals surface area contributed by atoms with Gasteiger partial charge < -0.3 is 25.0 Å². The first-order valence-electron chi connectivity index (χ1n) is 12.9. The van der Waals surface area contributed by atoms with E-state index in [0.717, 1.165) is 49.8 Å². The topological polar surface area (TPSA) is 86.6 Å². The minimum atomic E-state index is -0.489. The van der Waals surface area contributed by atoms with E-state index in [0.29, 0.717) is 35.1 Å². The lowest BCUT2D eigenvalue weighted by Gasteiger charge is -2.35. The molecule has 0 bridgehead atoms. The van der Waals surface area contributed by atoms with Crippen molar-refractivity contribution in [1.29, 1.82) is 0 Å². The SMILES string of the molecule is C[C@@H]1CNCCN1c1nc(OC[C@@H]2CCCN2C)nc2nc(-c3cc(O)cc4ccccc34)c(F)cc12. The third-order valence-corrected chi connectivity index (χ3v) is 7.55. The number of nitrogens with one attached hydrogen (secondary N) is 1. The van der Waals surface area contributed by atoms with Crippen molar-refractivity contribution in [2.45, 2.75) is 31.8 Å². The van der Waals surface area contributed by atoms with Crippen LogP contribution in [0.15, 0.2) is 42.5 Å². The average molecular weight is 503 g/mol. The van der Waals surface area contributed by atoms with Crippen LogP contribution in [0.25, 0.3) is 33.1 Å². The lowest BCUT2D eigenvalue weighted by atomic mass is 10.0. The van der Waals surface area contributed by atoms with E-state index in [-0.39, 0.29) is 23.5 Å². The Balaban J connectivity index is 1.49. The number of phenolic OH excluding ortho intramolecular Hbond substituents is 1. The van der Waals surface area contributed by atoms with Gasteiger partial charge in [0, 0.05) is 37.3 Å². The number of phenols is 1. The van der Waals surface area contributed by atoms with Crippen LogP contribution in [-0.4, -0.2) is 76.9 Å². The van der Waals surface area contributed by atoms with Gasteiger partial charge in [0.05, 0.1) is 5.39 Å². The summed E-state index contributed by atoms with van der Waals surface area (Å²) in [5, 5.41) is 15.9. The number of hydrogen-bond donors (Lipinski definition) is 2. The van der Waals surface area contributed by atoms with Gasteiger partial charge in [0.15, 0.2) is 5.65 Å². The molecule has 192 valence electrons. The van der Waals surface area contributed by atoms with Gasteiger partial charge in [0.25, 0.3) is 0 Å². The molecular weight excluding hydrogens is 471 g/mol. The van der Waals surface area contributed by atoms with Gasteiger partial charge in [-0.05, 0) is 62.3 Å². The van der Waals surface area contributed by atoms with Crippen LogP contribution in [0.1, 0.15) is 19.8 Å². The molecule has 4 aromatic rings. The monoisotopic (exact) mass is 502 g/mol. The van der Waals surface area contributed by atoms with Gasteiger partial charge in [-0.15, -0.1) is 0 Å². The third kappa shape index (κ3) is 4.53. The number of aromatic nitrogens is 3. The first-order valence-corrected chi connectivity index (χ1v) is 12.9. The van der Waals surface area contributed by atoms with Gasteiger partial charge in [-0.3, -0.25) is 0 Å². The Morgan fingerprint density at radius 1 is 1.11 bits per heavy atom. The van der Waals surface area contributed by atoms with Crippen molar-refractivity contribution >= 4 is 27.6 Å². The standard InChI is InChI=1S/C28H31FN6O2/c1-17-15-30-9-11-35(17)27-23-14-24(29)25(22-13-20(36)12-18-6-3-4-8-21(18)22)31-26(23)32-28(33-27)37-16-19-7-5-10-34(19)2/h3-4,6,8,12-14,17,19,30,36H,5,7,9-11,15-16H2,1-2H3/t17-,19+/m1/s1. The second-order valence-corrected chi connectivity index (χ2v) is 10.1. The van der Waals surface area contributed by atoms with E-state index in [1.54, 1.807) is 12.1 Å². The summed E-state index contributed by atoms with van der Waals surface area (Å²) in [6, 6.07) is 13.0. The molecule has 0 amide bonds. The number of aromatic hydroxyl groups is 1. The fourth-order valence-corrected chi connectivity index (χ4v) is 5.47.